The smallest absolute Gasteiger partial charge is 0.379 e. The van der Waals surface area contributed by atoms with Gasteiger partial charge in [-0.3, -0.25) is 14.5 Å². The summed E-state index contributed by atoms with van der Waals surface area (Å²) in [4.78, 5) is 28.0. The van der Waals surface area contributed by atoms with E-state index in [2.05, 4.69) is 12.2 Å². The molecule has 1 aromatic carbocycles. The van der Waals surface area contributed by atoms with Crippen LogP contribution < -0.4 is 10.2 Å². The molecule has 0 aliphatic carbocycles. The minimum atomic E-state index is -4.76. The van der Waals surface area contributed by atoms with Crippen molar-refractivity contribution in [1.82, 2.24) is 10.2 Å². The maximum absolute atomic E-state index is 13.4. The van der Waals surface area contributed by atoms with Gasteiger partial charge in [0.15, 0.2) is 5.11 Å². The first-order chi connectivity index (χ1) is 18.4. The normalized spacial score (nSPS) is 15.1. The highest BCUT2D eigenvalue weighted by Gasteiger charge is 2.49. The summed E-state index contributed by atoms with van der Waals surface area (Å²) in [5.41, 5.74) is -2.86. The molecule has 1 heterocycles. The van der Waals surface area contributed by atoms with Gasteiger partial charge in [0, 0.05) is 26.1 Å². The third-order valence-corrected chi connectivity index (χ3v) is 6.78. The van der Waals surface area contributed by atoms with Gasteiger partial charge < -0.3 is 19.7 Å². The van der Waals surface area contributed by atoms with E-state index < -0.39 is 28.7 Å². The number of anilines is 1. The average molecular weight is 571 g/mol. The summed E-state index contributed by atoms with van der Waals surface area (Å²) in [6.07, 6.45) is 0.405. The number of ether oxygens (including phenoxy) is 2. The number of nitrogens with zero attached hydrogens (tertiary/aromatic N) is 3. The molecule has 0 saturated carbocycles. The fourth-order valence-electron chi connectivity index (χ4n) is 4.14. The van der Waals surface area contributed by atoms with Crippen LogP contribution in [-0.2, 0) is 25.2 Å². The van der Waals surface area contributed by atoms with Crippen molar-refractivity contribution in [2.75, 3.05) is 44.4 Å². The van der Waals surface area contributed by atoms with Crippen molar-refractivity contribution in [1.29, 1.82) is 5.26 Å². The molecule has 12 heteroatoms. The molecule has 0 atom stereocenters. The lowest BCUT2D eigenvalue weighted by Gasteiger charge is -2.29. The van der Waals surface area contributed by atoms with Crippen molar-refractivity contribution >= 4 is 34.8 Å². The number of halogens is 3. The van der Waals surface area contributed by atoms with E-state index in [1.165, 1.54) is 31.4 Å². The van der Waals surface area contributed by atoms with Crippen molar-refractivity contribution in [3.05, 3.63) is 29.3 Å². The zero-order valence-corrected chi connectivity index (χ0v) is 23.6. The highest BCUT2D eigenvalue weighted by atomic mass is 32.1. The van der Waals surface area contributed by atoms with Gasteiger partial charge in [0.1, 0.15) is 5.54 Å². The number of benzene rings is 1. The minimum absolute atomic E-state index is 0.0456. The van der Waals surface area contributed by atoms with E-state index in [-0.39, 0.29) is 29.7 Å². The average Bonchev–Trinajstić information content (AvgIpc) is 3.05. The first kappa shape index (κ1) is 32.5. The Morgan fingerprint density at radius 2 is 1.79 bits per heavy atom. The molecule has 0 radical (unpaired) electrons. The van der Waals surface area contributed by atoms with Crippen LogP contribution in [0.4, 0.5) is 18.9 Å². The van der Waals surface area contributed by atoms with Gasteiger partial charge in [-0.1, -0.05) is 26.2 Å². The van der Waals surface area contributed by atoms with Crippen molar-refractivity contribution in [3.8, 4) is 6.07 Å². The summed E-state index contributed by atoms with van der Waals surface area (Å²) in [7, 11) is 0. The molecule has 1 N–H and O–H groups in total. The molecule has 0 spiro atoms. The number of alkyl halides is 3. The summed E-state index contributed by atoms with van der Waals surface area (Å²) in [5, 5.41) is 11.9. The molecule has 216 valence electrons. The topological polar surface area (TPSA) is 94.9 Å². The Bertz CT molecular complexity index is 1040. The number of thiocarbonyl (C=S) groups is 1. The van der Waals surface area contributed by atoms with Gasteiger partial charge in [0.2, 0.25) is 5.91 Å². The molecule has 1 aliphatic heterocycles. The van der Waals surface area contributed by atoms with Crippen LogP contribution in [0.1, 0.15) is 70.4 Å². The molecule has 2 amide bonds. The largest absolute Gasteiger partial charge is 0.417 e. The van der Waals surface area contributed by atoms with Crippen LogP contribution in [0.25, 0.3) is 0 Å². The number of hydrogen-bond acceptors (Lipinski definition) is 6. The summed E-state index contributed by atoms with van der Waals surface area (Å²) in [6, 6.07) is 4.58. The first-order valence-electron chi connectivity index (χ1n) is 13.1. The fourth-order valence-corrected chi connectivity index (χ4v) is 4.65. The Hall–Kier alpha value is -2.75. The highest BCUT2D eigenvalue weighted by molar-refractivity contribution is 7.80. The summed E-state index contributed by atoms with van der Waals surface area (Å²) >= 11 is 5.46. The molecule has 39 heavy (non-hydrogen) atoms. The second kappa shape index (κ2) is 15.1. The zero-order chi connectivity index (χ0) is 29.1. The van der Waals surface area contributed by atoms with Crippen LogP contribution in [0.5, 0.6) is 0 Å². The van der Waals surface area contributed by atoms with Crippen LogP contribution in [-0.4, -0.2) is 66.9 Å². The number of rotatable bonds is 16. The van der Waals surface area contributed by atoms with Crippen LogP contribution >= 0.6 is 12.2 Å². The lowest BCUT2D eigenvalue weighted by Crippen LogP contribution is -2.44. The number of amides is 2. The zero-order valence-electron chi connectivity index (χ0n) is 22.7. The van der Waals surface area contributed by atoms with Gasteiger partial charge >= 0.3 is 6.18 Å². The minimum Gasteiger partial charge on any atom is -0.379 e. The van der Waals surface area contributed by atoms with Crippen LogP contribution in [0.15, 0.2) is 18.2 Å². The summed E-state index contributed by atoms with van der Waals surface area (Å²) in [6.45, 7) is 8.09. The van der Waals surface area contributed by atoms with Gasteiger partial charge in [-0.2, -0.15) is 18.4 Å². The summed E-state index contributed by atoms with van der Waals surface area (Å²) in [5.74, 6) is -0.671. The van der Waals surface area contributed by atoms with Gasteiger partial charge in [-0.05, 0) is 57.1 Å². The molecule has 1 saturated heterocycles. The number of nitrogens with one attached hydrogen (secondary N) is 1. The van der Waals surface area contributed by atoms with E-state index in [4.69, 9.17) is 27.0 Å². The summed E-state index contributed by atoms with van der Waals surface area (Å²) < 4.78 is 51.3. The third-order valence-electron chi connectivity index (χ3n) is 6.38. The van der Waals surface area contributed by atoms with E-state index in [0.717, 1.165) is 30.1 Å². The fraction of sp³-hybridized carbons (Fsp3) is 0.630. The number of hydrogen-bond donors (Lipinski definition) is 1. The Labute approximate surface area is 233 Å². The van der Waals surface area contributed by atoms with Gasteiger partial charge in [-0.25, -0.2) is 0 Å². The van der Waals surface area contributed by atoms with Crippen LogP contribution in [0.2, 0.25) is 0 Å². The molecule has 0 aromatic heterocycles. The number of nitriles is 1. The standard InChI is InChI=1S/C27H37F3N4O4S/c1-4-5-6-7-14-37-16-17-38-15-12-32-23(35)9-8-13-33-25(39)34(24(36)26(33,2)3)21-11-10-20(19-31)22(18-21)27(28,29)30/h10-11,18H,4-9,12-17H2,1-3H3,(H,32,35). The van der Waals surface area contributed by atoms with E-state index in [1.54, 1.807) is 18.7 Å². The molecule has 0 bridgehead atoms. The Balaban J connectivity index is 1.80. The van der Waals surface area contributed by atoms with Gasteiger partial charge in [0.25, 0.3) is 5.91 Å². The Morgan fingerprint density at radius 3 is 2.44 bits per heavy atom. The molecule has 1 aliphatic rings. The monoisotopic (exact) mass is 570 g/mol. The Kier molecular flexibility index (Phi) is 12.6. The third kappa shape index (κ3) is 9.15. The molecule has 1 aromatic rings. The molecule has 0 unspecified atom stereocenters. The van der Waals surface area contributed by atoms with Crippen LogP contribution in [0.3, 0.4) is 0 Å². The van der Waals surface area contributed by atoms with Crippen LogP contribution in [0, 0.1) is 11.3 Å². The molecule has 1 fully saturated rings. The molecular weight excluding hydrogens is 533 g/mol. The van der Waals surface area contributed by atoms with Gasteiger partial charge in [-0.15, -0.1) is 0 Å². The van der Waals surface area contributed by atoms with Crippen molar-refractivity contribution < 1.29 is 32.2 Å². The first-order valence-corrected chi connectivity index (χ1v) is 13.6. The van der Waals surface area contributed by atoms with Gasteiger partial charge in [0.05, 0.1) is 42.7 Å². The Morgan fingerprint density at radius 1 is 1.10 bits per heavy atom. The highest BCUT2D eigenvalue weighted by Crippen LogP contribution is 2.37. The van der Waals surface area contributed by atoms with E-state index >= 15 is 0 Å². The number of carbonyl (C=O) groups excluding carboxylic acids is 2. The van der Waals surface area contributed by atoms with Crippen molar-refractivity contribution in [2.24, 2.45) is 0 Å². The van der Waals surface area contributed by atoms with Crippen molar-refractivity contribution in [2.45, 2.75) is 71.0 Å². The lowest BCUT2D eigenvalue weighted by molar-refractivity contribution is -0.137. The second-order valence-electron chi connectivity index (χ2n) is 9.71. The number of carbonyl (C=O) groups is 2. The van der Waals surface area contributed by atoms with Crippen molar-refractivity contribution in [3.63, 3.8) is 0 Å². The molecular formula is C27H37F3N4O4S. The predicted molar refractivity (Wildman–Crippen MR) is 145 cm³/mol. The lowest BCUT2D eigenvalue weighted by atomic mass is 10.0. The van der Waals surface area contributed by atoms with E-state index in [9.17, 15) is 22.8 Å². The number of unbranched alkanes of at least 4 members (excludes halogenated alkanes) is 3. The SMILES string of the molecule is CCCCCCOCCOCCNC(=O)CCCN1C(=S)N(c2ccc(C#N)c(C(F)(F)F)c2)C(=O)C1(C)C. The predicted octanol–water partition coefficient (Wildman–Crippen LogP) is 4.80. The maximum Gasteiger partial charge on any atom is 0.417 e. The second-order valence-corrected chi connectivity index (χ2v) is 10.1. The maximum atomic E-state index is 13.4. The molecule has 2 rings (SSSR count). The quantitative estimate of drug-likeness (QED) is 0.225. The van der Waals surface area contributed by atoms with E-state index in [0.29, 0.717) is 32.8 Å². The molecule has 8 nitrogen and oxygen atoms in total. The van der Waals surface area contributed by atoms with E-state index in [1.807, 2.05) is 0 Å².